The van der Waals surface area contributed by atoms with Gasteiger partial charge in [-0.3, -0.25) is 0 Å². The highest BCUT2D eigenvalue weighted by Gasteiger charge is 2.46. The average Bonchev–Trinajstić information content (AvgIpc) is 2.96. The topological polar surface area (TPSA) is 49.0 Å². The smallest absolute Gasteiger partial charge is 0.105 e. The summed E-state index contributed by atoms with van der Waals surface area (Å²) < 4.78 is 5.38. The lowest BCUT2D eigenvalue weighted by Gasteiger charge is -2.44. The minimum Gasteiger partial charge on any atom is -0.469 e. The molecule has 1 aliphatic rings. The molecule has 1 aliphatic carbocycles. The summed E-state index contributed by atoms with van der Waals surface area (Å²) in [4.78, 5) is 0. The lowest BCUT2D eigenvalue weighted by atomic mass is 9.62. The number of hydrogen-bond donors (Lipinski definition) is 1. The number of benzene rings is 1. The number of nitrogens with one attached hydrogen (secondary N) is 1. The molecule has 0 radical (unpaired) electrons. The van der Waals surface area contributed by atoms with Crippen molar-refractivity contribution in [2.24, 2.45) is 0 Å². The Labute approximate surface area is 125 Å². The van der Waals surface area contributed by atoms with Crippen LogP contribution in [-0.2, 0) is 11.8 Å². The van der Waals surface area contributed by atoms with E-state index in [1.165, 1.54) is 0 Å². The fourth-order valence-corrected chi connectivity index (χ4v) is 3.24. The molecule has 0 amide bonds. The summed E-state index contributed by atoms with van der Waals surface area (Å²) in [6.45, 7) is 2.16. The molecular formula is C18H20N2O. The first kappa shape index (κ1) is 13.9. The Bertz CT molecular complexity index is 606. The Kier molecular flexibility index (Phi) is 3.81. The van der Waals surface area contributed by atoms with Gasteiger partial charge in [-0.25, -0.2) is 0 Å². The second-order valence-corrected chi connectivity index (χ2v) is 6.02. The maximum absolute atomic E-state index is 9.56. The van der Waals surface area contributed by atoms with Gasteiger partial charge in [0.2, 0.25) is 0 Å². The monoisotopic (exact) mass is 280 g/mol. The van der Waals surface area contributed by atoms with Gasteiger partial charge in [0.05, 0.1) is 17.7 Å². The Morgan fingerprint density at radius 1 is 1.29 bits per heavy atom. The van der Waals surface area contributed by atoms with Crippen LogP contribution in [0.5, 0.6) is 0 Å². The van der Waals surface area contributed by atoms with E-state index < -0.39 is 0 Å². The van der Waals surface area contributed by atoms with Gasteiger partial charge in [-0.1, -0.05) is 30.3 Å². The molecular weight excluding hydrogens is 260 g/mol. The molecule has 2 aromatic rings. The van der Waals surface area contributed by atoms with E-state index in [0.717, 1.165) is 30.6 Å². The molecule has 1 unspecified atom stereocenters. The summed E-state index contributed by atoms with van der Waals surface area (Å²) in [5.74, 6) is 1.00. The van der Waals surface area contributed by atoms with Gasteiger partial charge in [-0.15, -0.1) is 0 Å². The van der Waals surface area contributed by atoms with Crippen LogP contribution in [0.3, 0.4) is 0 Å². The number of nitriles is 1. The van der Waals surface area contributed by atoms with Crippen LogP contribution in [0.15, 0.2) is 53.1 Å². The van der Waals surface area contributed by atoms with Crippen LogP contribution in [0.2, 0.25) is 0 Å². The molecule has 3 nitrogen and oxygen atoms in total. The molecule has 1 aromatic heterocycles. The van der Waals surface area contributed by atoms with E-state index in [1.54, 1.807) is 6.26 Å². The SMILES string of the molecule is CC(Cc1ccco1)NC1CC(C#N)(c2ccccc2)C1. The van der Waals surface area contributed by atoms with E-state index >= 15 is 0 Å². The van der Waals surface area contributed by atoms with Gasteiger partial charge in [-0.05, 0) is 37.5 Å². The summed E-state index contributed by atoms with van der Waals surface area (Å²) in [5, 5.41) is 13.2. The zero-order valence-corrected chi connectivity index (χ0v) is 12.3. The number of hydrogen-bond acceptors (Lipinski definition) is 3. The van der Waals surface area contributed by atoms with Crippen molar-refractivity contribution in [3.8, 4) is 6.07 Å². The minimum absolute atomic E-state index is 0.302. The summed E-state index contributed by atoms with van der Waals surface area (Å²) in [5.41, 5.74) is 0.841. The molecule has 1 heterocycles. The Morgan fingerprint density at radius 3 is 2.67 bits per heavy atom. The van der Waals surface area contributed by atoms with Crippen molar-refractivity contribution in [1.82, 2.24) is 5.32 Å². The van der Waals surface area contributed by atoms with Gasteiger partial charge in [0.1, 0.15) is 5.76 Å². The normalized spacial score (nSPS) is 25.8. The number of rotatable bonds is 5. The Hall–Kier alpha value is -2.05. The summed E-state index contributed by atoms with van der Waals surface area (Å²) in [6.07, 6.45) is 4.36. The third-order valence-corrected chi connectivity index (χ3v) is 4.34. The lowest BCUT2D eigenvalue weighted by Crippen LogP contribution is -2.53. The summed E-state index contributed by atoms with van der Waals surface area (Å²) >= 11 is 0. The molecule has 0 aliphatic heterocycles. The maximum Gasteiger partial charge on any atom is 0.105 e. The van der Waals surface area contributed by atoms with Gasteiger partial charge in [0.25, 0.3) is 0 Å². The highest BCUT2D eigenvalue weighted by atomic mass is 16.3. The van der Waals surface area contributed by atoms with E-state index in [4.69, 9.17) is 4.42 Å². The standard InChI is InChI=1S/C18H20N2O/c1-14(10-17-8-5-9-21-17)20-16-11-18(12-16,13-19)15-6-3-2-4-7-15/h2-9,14,16,20H,10-12H2,1H3. The number of furan rings is 1. The van der Waals surface area contributed by atoms with Crippen LogP contribution >= 0.6 is 0 Å². The highest BCUT2D eigenvalue weighted by molar-refractivity contribution is 5.36. The number of nitrogens with zero attached hydrogens (tertiary/aromatic N) is 1. The van der Waals surface area contributed by atoms with Crippen molar-refractivity contribution in [3.63, 3.8) is 0 Å². The predicted octanol–water partition coefficient (Wildman–Crippen LogP) is 3.42. The van der Waals surface area contributed by atoms with Gasteiger partial charge in [0.15, 0.2) is 0 Å². The van der Waals surface area contributed by atoms with E-state index in [2.05, 4.69) is 30.4 Å². The maximum atomic E-state index is 9.56. The van der Waals surface area contributed by atoms with Gasteiger partial charge in [0, 0.05) is 18.5 Å². The molecule has 1 aromatic carbocycles. The fraction of sp³-hybridized carbons (Fsp3) is 0.389. The average molecular weight is 280 g/mol. The summed E-state index contributed by atoms with van der Waals surface area (Å²) in [6, 6.07) is 17.3. The first-order valence-corrected chi connectivity index (χ1v) is 7.47. The zero-order chi connectivity index (χ0) is 14.7. The summed E-state index contributed by atoms with van der Waals surface area (Å²) in [7, 11) is 0. The van der Waals surface area contributed by atoms with Crippen molar-refractivity contribution < 1.29 is 4.42 Å². The molecule has 1 fully saturated rings. The second kappa shape index (κ2) is 5.75. The molecule has 3 heteroatoms. The van der Waals surface area contributed by atoms with Crippen LogP contribution in [-0.4, -0.2) is 12.1 Å². The third kappa shape index (κ3) is 2.86. The molecule has 0 saturated heterocycles. The molecule has 3 rings (SSSR count). The first-order valence-electron chi connectivity index (χ1n) is 7.47. The van der Waals surface area contributed by atoms with E-state index in [-0.39, 0.29) is 5.41 Å². The van der Waals surface area contributed by atoms with Crippen molar-refractivity contribution in [3.05, 3.63) is 60.1 Å². The van der Waals surface area contributed by atoms with Crippen molar-refractivity contribution >= 4 is 0 Å². The molecule has 21 heavy (non-hydrogen) atoms. The van der Waals surface area contributed by atoms with E-state index in [0.29, 0.717) is 12.1 Å². The van der Waals surface area contributed by atoms with E-state index in [1.807, 2.05) is 30.3 Å². The largest absolute Gasteiger partial charge is 0.469 e. The van der Waals surface area contributed by atoms with Crippen LogP contribution in [0.25, 0.3) is 0 Å². The third-order valence-electron chi connectivity index (χ3n) is 4.34. The van der Waals surface area contributed by atoms with Crippen LogP contribution in [0, 0.1) is 11.3 Å². The molecule has 0 spiro atoms. The van der Waals surface area contributed by atoms with Crippen LogP contribution in [0.4, 0.5) is 0 Å². The van der Waals surface area contributed by atoms with Gasteiger partial charge in [-0.2, -0.15) is 5.26 Å². The molecule has 1 atom stereocenters. The molecule has 108 valence electrons. The van der Waals surface area contributed by atoms with Crippen molar-refractivity contribution in [2.45, 2.75) is 43.7 Å². The molecule has 0 bridgehead atoms. The second-order valence-electron chi connectivity index (χ2n) is 6.02. The molecule has 1 saturated carbocycles. The first-order chi connectivity index (χ1) is 10.2. The van der Waals surface area contributed by atoms with E-state index in [9.17, 15) is 5.26 Å². The zero-order valence-electron chi connectivity index (χ0n) is 12.3. The minimum atomic E-state index is -0.302. The molecule has 1 N–H and O–H groups in total. The van der Waals surface area contributed by atoms with Crippen molar-refractivity contribution in [2.75, 3.05) is 0 Å². The van der Waals surface area contributed by atoms with Gasteiger partial charge >= 0.3 is 0 Å². The quantitative estimate of drug-likeness (QED) is 0.913. The Balaban J connectivity index is 1.56. The predicted molar refractivity (Wildman–Crippen MR) is 81.8 cm³/mol. The lowest BCUT2D eigenvalue weighted by molar-refractivity contribution is 0.210. The van der Waals surface area contributed by atoms with Crippen molar-refractivity contribution in [1.29, 1.82) is 5.26 Å². The highest BCUT2D eigenvalue weighted by Crippen LogP contribution is 2.43. The van der Waals surface area contributed by atoms with Crippen LogP contribution in [0.1, 0.15) is 31.1 Å². The van der Waals surface area contributed by atoms with Crippen LogP contribution < -0.4 is 5.32 Å². The fourth-order valence-electron chi connectivity index (χ4n) is 3.24. The van der Waals surface area contributed by atoms with Gasteiger partial charge < -0.3 is 9.73 Å². The Morgan fingerprint density at radius 2 is 2.05 bits per heavy atom.